The van der Waals surface area contributed by atoms with E-state index in [0.29, 0.717) is 0 Å². The molecule has 0 bridgehead atoms. The van der Waals surface area contributed by atoms with Crippen molar-refractivity contribution >= 4 is 56.3 Å². The van der Waals surface area contributed by atoms with Crippen molar-refractivity contribution in [2.24, 2.45) is 0 Å². The second-order valence-corrected chi connectivity index (χ2v) is 27.9. The molecule has 196 valence electrons. The fourth-order valence-electron chi connectivity index (χ4n) is 6.38. The van der Waals surface area contributed by atoms with Gasteiger partial charge in [-0.2, -0.15) is 0 Å². The molecule has 0 atom stereocenters. The van der Waals surface area contributed by atoms with E-state index in [1.54, 1.807) is 0 Å². The first kappa shape index (κ1) is 27.0. The molecule has 6 aromatic carbocycles. The van der Waals surface area contributed by atoms with Gasteiger partial charge in [-0.3, -0.25) is 0 Å². The molecule has 0 unspecified atom stereocenters. The number of hydrogen-bond donors (Lipinski definition) is 0. The van der Waals surface area contributed by atoms with E-state index in [4.69, 9.17) is 0 Å². The van der Waals surface area contributed by atoms with Gasteiger partial charge in [0.2, 0.25) is 0 Å². The molecular weight excluding hydrogens is 618 g/mol. The molecule has 0 amide bonds. The quantitative estimate of drug-likeness (QED) is 0.103. The van der Waals surface area contributed by atoms with Crippen LogP contribution in [-0.2, 0) is 0 Å². The Bertz CT molecular complexity index is 1430. The summed E-state index contributed by atoms with van der Waals surface area (Å²) in [5.74, 6) is 0. The summed E-state index contributed by atoms with van der Waals surface area (Å²) >= 11 is -7.90. The van der Waals surface area contributed by atoms with Crippen LogP contribution in [0.2, 0.25) is 0 Å². The van der Waals surface area contributed by atoms with Crippen LogP contribution < -0.4 is 26.4 Å². The van der Waals surface area contributed by atoms with E-state index >= 15 is 0 Å². The van der Waals surface area contributed by atoms with Crippen LogP contribution in [0.3, 0.4) is 0 Å². The zero-order chi connectivity index (χ0) is 28.0. The fraction of sp³-hybridized carbons (Fsp3) is 0. The third-order valence-corrected chi connectivity index (χ3v) is 34.7. The third-order valence-electron chi connectivity index (χ3n) is 8.05. The number of nitrogens with zero attached hydrogens (tertiary/aromatic N) is 2. The van der Waals surface area contributed by atoms with Gasteiger partial charge in [0.1, 0.15) is 0 Å². The van der Waals surface area contributed by atoms with Gasteiger partial charge in [-0.1, -0.05) is 0 Å². The number of rotatable bonds is 8. The standard InChI is InChI=1S/C37H30Ge2N2/c40-41-37(38(31-19-7-1-8-20-31,32-21-9-2-10-22-32)33-23-11-3-12-24-33)39(34-25-13-4-14-26-34,35-27-15-5-16-28-35)36-29-17-6-18-30-36/h1-30H. The van der Waals surface area contributed by atoms with E-state index in [0.717, 1.165) is 3.38 Å². The average Bonchev–Trinajstić information content (AvgIpc) is 3.07. The molecule has 0 aromatic heterocycles. The molecule has 0 radical (unpaired) electrons. The van der Waals surface area contributed by atoms with Gasteiger partial charge in [-0.15, -0.1) is 0 Å². The van der Waals surface area contributed by atoms with Gasteiger partial charge in [0.05, 0.1) is 0 Å². The SMILES string of the molecule is [N-]=[N+]=[C]([Ge]([c]1ccccc1)([c]1ccccc1)[c]1ccccc1)[Ge]([c]1ccccc1)([c]1ccccc1)[c]1ccccc1. The van der Waals surface area contributed by atoms with Crippen LogP contribution in [0.4, 0.5) is 0 Å². The van der Waals surface area contributed by atoms with Crippen LogP contribution >= 0.6 is 0 Å². The minimum atomic E-state index is -3.95. The Labute approximate surface area is 247 Å². The van der Waals surface area contributed by atoms with Gasteiger partial charge in [-0.25, -0.2) is 0 Å². The van der Waals surface area contributed by atoms with Crippen molar-refractivity contribution in [2.45, 2.75) is 0 Å². The normalized spacial score (nSPS) is 11.4. The Hall–Kier alpha value is -4.21. The Kier molecular flexibility index (Phi) is 7.97. The van der Waals surface area contributed by atoms with Gasteiger partial charge in [0.15, 0.2) is 0 Å². The van der Waals surface area contributed by atoms with E-state index in [9.17, 15) is 5.53 Å². The molecule has 41 heavy (non-hydrogen) atoms. The number of benzene rings is 6. The summed E-state index contributed by atoms with van der Waals surface area (Å²) in [5, 5.41) is 0. The zero-order valence-corrected chi connectivity index (χ0v) is 26.9. The molecule has 6 rings (SSSR count). The molecule has 0 heterocycles. The summed E-state index contributed by atoms with van der Waals surface area (Å²) < 4.78 is 8.44. The van der Waals surface area contributed by atoms with Gasteiger partial charge >= 0.3 is 249 Å². The van der Waals surface area contributed by atoms with Crippen LogP contribution in [0.5, 0.6) is 0 Å². The van der Waals surface area contributed by atoms with E-state index in [1.807, 2.05) is 0 Å². The van der Waals surface area contributed by atoms with Crippen molar-refractivity contribution in [3.63, 3.8) is 0 Å². The molecule has 4 heteroatoms. The molecule has 0 saturated carbocycles. The van der Waals surface area contributed by atoms with Gasteiger partial charge in [0, 0.05) is 0 Å². The molecular formula is C37H30Ge2N2. The van der Waals surface area contributed by atoms with Crippen LogP contribution in [0, 0.1) is 0 Å². The molecule has 0 fully saturated rings. The Balaban J connectivity index is 1.87. The van der Waals surface area contributed by atoms with E-state index in [1.165, 1.54) is 26.4 Å². The molecule has 0 saturated heterocycles. The molecule has 2 nitrogen and oxygen atoms in total. The van der Waals surface area contributed by atoms with E-state index < -0.39 is 26.5 Å². The number of hydrogen-bond acceptors (Lipinski definition) is 0. The Morgan fingerprint density at radius 2 is 0.488 bits per heavy atom. The van der Waals surface area contributed by atoms with Crippen molar-refractivity contribution < 1.29 is 4.79 Å². The summed E-state index contributed by atoms with van der Waals surface area (Å²) in [4.78, 5) is 4.57. The van der Waals surface area contributed by atoms with Gasteiger partial charge in [0.25, 0.3) is 0 Å². The van der Waals surface area contributed by atoms with Crippen molar-refractivity contribution in [1.29, 1.82) is 0 Å². The van der Waals surface area contributed by atoms with Crippen LogP contribution in [0.25, 0.3) is 5.53 Å². The average molecular weight is 648 g/mol. The van der Waals surface area contributed by atoms with Crippen LogP contribution in [-0.4, -0.2) is 34.7 Å². The maximum atomic E-state index is 11.6. The van der Waals surface area contributed by atoms with Gasteiger partial charge in [-0.05, 0) is 0 Å². The summed E-state index contributed by atoms with van der Waals surface area (Å²) in [6.45, 7) is 0. The monoisotopic (exact) mass is 650 g/mol. The van der Waals surface area contributed by atoms with Crippen molar-refractivity contribution in [1.82, 2.24) is 0 Å². The molecule has 0 aliphatic rings. The molecule has 6 aromatic rings. The Morgan fingerprint density at radius 3 is 0.634 bits per heavy atom. The van der Waals surface area contributed by atoms with E-state index in [2.05, 4.69) is 187 Å². The summed E-state index contributed by atoms with van der Waals surface area (Å²) in [7, 11) is 0. The summed E-state index contributed by atoms with van der Waals surface area (Å²) in [5.41, 5.74) is 11.6. The maximum absolute atomic E-state index is 11.6. The van der Waals surface area contributed by atoms with Crippen molar-refractivity contribution in [3.8, 4) is 0 Å². The molecule has 0 aliphatic heterocycles. The second-order valence-electron chi connectivity index (χ2n) is 10.1. The molecule has 0 N–H and O–H groups in total. The first-order chi connectivity index (χ1) is 20.3. The predicted molar refractivity (Wildman–Crippen MR) is 177 cm³/mol. The van der Waals surface area contributed by atoms with Crippen molar-refractivity contribution in [3.05, 3.63) is 188 Å². The molecule has 0 spiro atoms. The first-order valence-electron chi connectivity index (χ1n) is 13.9. The predicted octanol–water partition coefficient (Wildman–Crippen LogP) is 4.08. The van der Waals surface area contributed by atoms with Crippen LogP contribution in [0.1, 0.15) is 0 Å². The summed E-state index contributed by atoms with van der Waals surface area (Å²) in [6, 6.07) is 64.9. The van der Waals surface area contributed by atoms with Crippen molar-refractivity contribution in [2.75, 3.05) is 0 Å². The minimum absolute atomic E-state index is 0.970. The Morgan fingerprint density at radius 1 is 0.317 bits per heavy atom. The first-order valence-corrected chi connectivity index (χ1v) is 22.3. The third kappa shape index (κ3) is 4.64. The zero-order valence-electron chi connectivity index (χ0n) is 22.7. The summed E-state index contributed by atoms with van der Waals surface area (Å²) in [6.07, 6.45) is 0. The molecule has 0 aliphatic carbocycles. The second kappa shape index (κ2) is 12.1. The van der Waals surface area contributed by atoms with E-state index in [-0.39, 0.29) is 0 Å². The van der Waals surface area contributed by atoms with Crippen LogP contribution in [0.15, 0.2) is 182 Å². The fourth-order valence-corrected chi connectivity index (χ4v) is 40.1. The topological polar surface area (TPSA) is 36.4 Å². The van der Waals surface area contributed by atoms with Gasteiger partial charge < -0.3 is 0 Å².